The number of hydrogen-bond donors (Lipinski definition) is 0. The fraction of sp³-hybridized carbons (Fsp3) is 0.412. The summed E-state index contributed by atoms with van der Waals surface area (Å²) in [5, 5.41) is 0. The van der Waals surface area contributed by atoms with Crippen LogP contribution >= 0.6 is 0 Å². The summed E-state index contributed by atoms with van der Waals surface area (Å²) >= 11 is 0. The number of amides is 1. The smallest absolute Gasteiger partial charge is 0.337 e. The van der Waals surface area contributed by atoms with Crippen LogP contribution in [0.25, 0.3) is 0 Å². The van der Waals surface area contributed by atoms with Crippen LogP contribution in [0.3, 0.4) is 0 Å². The van der Waals surface area contributed by atoms with Gasteiger partial charge >= 0.3 is 5.97 Å². The van der Waals surface area contributed by atoms with Crippen LogP contribution in [-0.2, 0) is 16.1 Å². The molecule has 0 saturated heterocycles. The van der Waals surface area contributed by atoms with Crippen LogP contribution in [0.5, 0.6) is 0 Å². The largest absolute Gasteiger partial charge is 0.465 e. The second-order valence-electron chi connectivity index (χ2n) is 5.99. The highest BCUT2D eigenvalue weighted by molar-refractivity contribution is 5.89. The van der Waals surface area contributed by atoms with Gasteiger partial charge in [-0.2, -0.15) is 0 Å². The Labute approximate surface area is 137 Å². The number of halogens is 3. The zero-order valence-corrected chi connectivity index (χ0v) is 13.4. The molecule has 2 unspecified atom stereocenters. The highest BCUT2D eigenvalue weighted by Gasteiger charge is 2.60. The molecule has 1 amide bonds. The third kappa shape index (κ3) is 3.29. The molecule has 1 aromatic carbocycles. The molecule has 1 fully saturated rings. The van der Waals surface area contributed by atoms with Crippen LogP contribution in [-0.4, -0.2) is 36.4 Å². The van der Waals surface area contributed by atoms with Gasteiger partial charge in [-0.25, -0.2) is 18.0 Å². The van der Waals surface area contributed by atoms with Crippen LogP contribution in [0.15, 0.2) is 30.9 Å². The number of rotatable bonds is 6. The van der Waals surface area contributed by atoms with Gasteiger partial charge in [0, 0.05) is 18.2 Å². The summed E-state index contributed by atoms with van der Waals surface area (Å²) in [5.41, 5.74) is -1.13. The summed E-state index contributed by atoms with van der Waals surface area (Å²) in [5.74, 6) is -1.94. The van der Waals surface area contributed by atoms with E-state index in [1.807, 2.05) is 0 Å². The lowest BCUT2D eigenvalue weighted by atomic mass is 10.1. The van der Waals surface area contributed by atoms with Crippen LogP contribution in [0.4, 0.5) is 13.2 Å². The summed E-state index contributed by atoms with van der Waals surface area (Å²) in [6, 6.07) is 3.02. The summed E-state index contributed by atoms with van der Waals surface area (Å²) in [7, 11) is 1.18. The molecule has 0 aromatic heterocycles. The summed E-state index contributed by atoms with van der Waals surface area (Å²) in [6.45, 7) is 4.58. The summed E-state index contributed by atoms with van der Waals surface area (Å²) in [4.78, 5) is 24.6. The van der Waals surface area contributed by atoms with Crippen LogP contribution < -0.4 is 0 Å². The molecule has 2 rings (SSSR count). The minimum atomic E-state index is -2.57. The molecular formula is C17H18F3NO3. The Balaban J connectivity index is 2.24. The third-order valence-electron chi connectivity index (χ3n) is 4.38. The van der Waals surface area contributed by atoms with Crippen molar-refractivity contribution in [2.24, 2.45) is 5.41 Å². The van der Waals surface area contributed by atoms with Gasteiger partial charge in [0.05, 0.1) is 18.1 Å². The Morgan fingerprint density at radius 3 is 2.62 bits per heavy atom. The van der Waals surface area contributed by atoms with Crippen molar-refractivity contribution in [1.29, 1.82) is 0 Å². The van der Waals surface area contributed by atoms with Gasteiger partial charge in [0.25, 0.3) is 0 Å². The minimum Gasteiger partial charge on any atom is -0.465 e. The normalized spacial score (nSPS) is 22.2. The molecule has 0 heterocycles. The van der Waals surface area contributed by atoms with Gasteiger partial charge in [-0.05, 0) is 24.6 Å². The van der Waals surface area contributed by atoms with Crippen LogP contribution in [0, 0.1) is 11.2 Å². The van der Waals surface area contributed by atoms with Gasteiger partial charge in [-0.15, -0.1) is 0 Å². The van der Waals surface area contributed by atoms with Crippen molar-refractivity contribution in [3.05, 3.63) is 47.8 Å². The molecule has 2 atom stereocenters. The van der Waals surface area contributed by atoms with Crippen molar-refractivity contribution in [1.82, 2.24) is 4.90 Å². The number of alkyl halides is 2. The first-order valence-electron chi connectivity index (χ1n) is 7.32. The Hall–Kier alpha value is -2.31. The topological polar surface area (TPSA) is 46.6 Å². The molecule has 0 spiro atoms. The zero-order valence-electron chi connectivity index (χ0n) is 13.4. The molecule has 0 radical (unpaired) electrons. The van der Waals surface area contributed by atoms with E-state index in [-0.39, 0.29) is 24.1 Å². The first kappa shape index (κ1) is 18.0. The lowest BCUT2D eigenvalue weighted by Gasteiger charge is -2.24. The Kier molecular flexibility index (Phi) is 5.01. The second-order valence-corrected chi connectivity index (χ2v) is 5.99. The Morgan fingerprint density at radius 1 is 1.50 bits per heavy atom. The predicted octanol–water partition coefficient (Wildman–Crippen LogP) is 3.17. The molecule has 1 aliphatic rings. The molecule has 1 aromatic rings. The number of hydrogen-bond acceptors (Lipinski definition) is 3. The third-order valence-corrected chi connectivity index (χ3v) is 4.38. The molecule has 1 saturated carbocycles. The Bertz CT molecular complexity index is 677. The van der Waals surface area contributed by atoms with E-state index in [9.17, 15) is 22.8 Å². The fourth-order valence-corrected chi connectivity index (χ4v) is 2.62. The molecule has 7 heteroatoms. The van der Waals surface area contributed by atoms with Gasteiger partial charge in [-0.3, -0.25) is 4.79 Å². The van der Waals surface area contributed by atoms with Crippen molar-refractivity contribution in [3.8, 4) is 0 Å². The molecule has 4 nitrogen and oxygen atoms in total. The number of esters is 1. The average molecular weight is 341 g/mol. The number of carbonyl (C=O) groups excluding carboxylic acids is 2. The van der Waals surface area contributed by atoms with Crippen LogP contribution in [0.1, 0.15) is 29.3 Å². The van der Waals surface area contributed by atoms with Crippen molar-refractivity contribution in [2.45, 2.75) is 32.4 Å². The molecule has 1 aliphatic carbocycles. The maximum Gasteiger partial charge on any atom is 0.337 e. The van der Waals surface area contributed by atoms with E-state index in [4.69, 9.17) is 0 Å². The summed E-state index contributed by atoms with van der Waals surface area (Å²) in [6.07, 6.45) is -1.41. The monoisotopic (exact) mass is 341 g/mol. The van der Waals surface area contributed by atoms with Crippen molar-refractivity contribution < 1.29 is 27.5 Å². The van der Waals surface area contributed by atoms with Gasteiger partial charge in [0.1, 0.15) is 5.82 Å². The number of nitrogens with zero attached hydrogens (tertiary/aromatic N) is 1. The molecule has 0 bridgehead atoms. The fourth-order valence-electron chi connectivity index (χ4n) is 2.62. The van der Waals surface area contributed by atoms with Crippen molar-refractivity contribution in [3.63, 3.8) is 0 Å². The predicted molar refractivity (Wildman–Crippen MR) is 81.0 cm³/mol. The quantitative estimate of drug-likeness (QED) is 0.590. The Morgan fingerprint density at radius 2 is 2.17 bits per heavy atom. The van der Waals surface area contributed by atoms with Gasteiger partial charge < -0.3 is 9.64 Å². The molecule has 0 N–H and O–H groups in total. The lowest BCUT2D eigenvalue weighted by Crippen LogP contribution is -2.35. The van der Waals surface area contributed by atoms with Gasteiger partial charge in [0.2, 0.25) is 12.3 Å². The van der Waals surface area contributed by atoms with E-state index in [0.29, 0.717) is 0 Å². The molecular weight excluding hydrogens is 323 g/mol. The zero-order chi connectivity index (χ0) is 18.1. The first-order valence-corrected chi connectivity index (χ1v) is 7.32. The highest BCUT2D eigenvalue weighted by Crippen LogP contribution is 2.54. The lowest BCUT2D eigenvalue weighted by molar-refractivity contribution is -0.128. The van der Waals surface area contributed by atoms with E-state index in [0.717, 1.165) is 12.1 Å². The van der Waals surface area contributed by atoms with Crippen molar-refractivity contribution >= 4 is 11.9 Å². The maximum absolute atomic E-state index is 14.2. The van der Waals surface area contributed by atoms with E-state index in [1.54, 1.807) is 0 Å². The van der Waals surface area contributed by atoms with Gasteiger partial charge in [-0.1, -0.05) is 19.6 Å². The summed E-state index contributed by atoms with van der Waals surface area (Å²) < 4.78 is 44.9. The number of carbonyl (C=O) groups is 2. The van der Waals surface area contributed by atoms with Crippen LogP contribution in [0.2, 0.25) is 0 Å². The first-order chi connectivity index (χ1) is 11.2. The number of benzene rings is 1. The minimum absolute atomic E-state index is 0.0317. The number of methoxy groups -OCH3 is 1. The van der Waals surface area contributed by atoms with E-state index in [2.05, 4.69) is 11.3 Å². The standard InChI is InChI=1S/C17H18F3NO3/c1-4-14(22)21(13-8-17(13,2)16(19)20)9-11-6-5-10(7-12(11)18)15(23)24-3/h4-7,13,16H,1,8-9H2,2-3H3. The highest BCUT2D eigenvalue weighted by atomic mass is 19.3. The second kappa shape index (κ2) is 6.67. The maximum atomic E-state index is 14.2. The average Bonchev–Trinajstić information content (AvgIpc) is 3.25. The van der Waals surface area contributed by atoms with Crippen molar-refractivity contribution in [2.75, 3.05) is 7.11 Å². The van der Waals surface area contributed by atoms with E-state index >= 15 is 0 Å². The molecule has 24 heavy (non-hydrogen) atoms. The number of ether oxygens (including phenoxy) is 1. The van der Waals surface area contributed by atoms with Gasteiger partial charge in [0.15, 0.2) is 0 Å². The molecule has 0 aliphatic heterocycles. The van der Waals surface area contributed by atoms with E-state index < -0.39 is 35.6 Å². The molecule has 130 valence electrons. The SMILES string of the molecule is C=CC(=O)N(Cc1ccc(C(=O)OC)cc1F)C1CC1(C)C(F)F. The van der Waals surface area contributed by atoms with E-state index in [1.165, 1.54) is 31.1 Å².